The molecule has 0 amide bonds. The molecule has 1 heterocycles. The molecule has 5 nitrogen and oxygen atoms in total. The first kappa shape index (κ1) is 47.9. The standard InChI is InChI=1S/C48H90N2O3/c1-5-7-9-11-13-15-17-19-21-23-25-27-29-33-41-49(3)47-39-35-43-51-44-36-40-48(53-46-38-32-31-37-45(46)52-47)50(4)42-34-30-28-26-24-22-20-18-16-14-12-10-8-6-2/h31-32,37-38,47-48H,5-30,33-36,39-44H2,1-4H3. The minimum Gasteiger partial charge on any atom is -0.471 e. The summed E-state index contributed by atoms with van der Waals surface area (Å²) in [5.41, 5.74) is 0. The van der Waals surface area contributed by atoms with Crippen LogP contribution < -0.4 is 9.47 Å². The molecule has 0 spiro atoms. The van der Waals surface area contributed by atoms with Crippen LogP contribution in [0.3, 0.4) is 0 Å². The number of para-hydroxylation sites is 2. The smallest absolute Gasteiger partial charge is 0.163 e. The zero-order chi connectivity index (χ0) is 37.9. The maximum Gasteiger partial charge on any atom is 0.163 e. The van der Waals surface area contributed by atoms with Crippen molar-refractivity contribution < 1.29 is 14.2 Å². The van der Waals surface area contributed by atoms with Gasteiger partial charge < -0.3 is 14.2 Å². The molecule has 1 aliphatic heterocycles. The fourth-order valence-electron chi connectivity index (χ4n) is 7.90. The molecule has 0 radical (unpaired) electrons. The van der Waals surface area contributed by atoms with Gasteiger partial charge in [-0.1, -0.05) is 193 Å². The van der Waals surface area contributed by atoms with Gasteiger partial charge in [-0.15, -0.1) is 0 Å². The molecule has 1 aliphatic rings. The summed E-state index contributed by atoms with van der Waals surface area (Å²) in [7, 11) is 4.48. The first-order valence-corrected chi connectivity index (χ1v) is 23.6. The number of hydrogen-bond donors (Lipinski definition) is 0. The number of unbranched alkanes of at least 4 members (excludes halogenated alkanes) is 26. The molecular formula is C48H90N2O3. The van der Waals surface area contributed by atoms with Crippen molar-refractivity contribution in [2.75, 3.05) is 40.4 Å². The van der Waals surface area contributed by atoms with Gasteiger partial charge in [0.2, 0.25) is 0 Å². The van der Waals surface area contributed by atoms with E-state index in [2.05, 4.69) is 62.0 Å². The molecule has 1 aromatic carbocycles. The van der Waals surface area contributed by atoms with Crippen molar-refractivity contribution in [3.05, 3.63) is 24.3 Å². The van der Waals surface area contributed by atoms with Crippen LogP contribution in [0.15, 0.2) is 24.3 Å². The van der Waals surface area contributed by atoms with E-state index in [-0.39, 0.29) is 12.5 Å². The van der Waals surface area contributed by atoms with Gasteiger partial charge in [-0.2, -0.15) is 0 Å². The van der Waals surface area contributed by atoms with Crippen molar-refractivity contribution in [3.8, 4) is 11.5 Å². The maximum absolute atomic E-state index is 6.78. The Morgan fingerprint density at radius 2 is 0.717 bits per heavy atom. The van der Waals surface area contributed by atoms with Crippen LogP contribution >= 0.6 is 0 Å². The molecule has 2 rings (SSSR count). The molecule has 0 bridgehead atoms. The van der Waals surface area contributed by atoms with Crippen LogP contribution in [0.1, 0.15) is 219 Å². The summed E-state index contributed by atoms with van der Waals surface area (Å²) in [4.78, 5) is 4.85. The van der Waals surface area contributed by atoms with Crippen LogP contribution in [0.25, 0.3) is 0 Å². The number of benzene rings is 1. The molecular weight excluding hydrogens is 653 g/mol. The lowest BCUT2D eigenvalue weighted by atomic mass is 10.0. The summed E-state index contributed by atoms with van der Waals surface area (Å²) in [6.45, 7) is 8.34. The predicted octanol–water partition coefficient (Wildman–Crippen LogP) is 14.5. The normalized spacial score (nSPS) is 17.2. The molecule has 0 saturated heterocycles. The van der Waals surface area contributed by atoms with Gasteiger partial charge in [-0.3, -0.25) is 9.80 Å². The first-order valence-electron chi connectivity index (χ1n) is 23.6. The highest BCUT2D eigenvalue weighted by Gasteiger charge is 2.22. The lowest BCUT2D eigenvalue weighted by molar-refractivity contribution is 0.0154. The lowest BCUT2D eigenvalue weighted by Crippen LogP contribution is -2.38. The molecule has 0 saturated carbocycles. The molecule has 1 aromatic rings. The fraction of sp³-hybridized carbons (Fsp3) is 0.875. The molecule has 0 aliphatic carbocycles. The van der Waals surface area contributed by atoms with Gasteiger partial charge in [0.25, 0.3) is 0 Å². The second-order valence-corrected chi connectivity index (χ2v) is 16.6. The molecule has 5 heteroatoms. The van der Waals surface area contributed by atoms with E-state index in [1.54, 1.807) is 0 Å². The number of fused-ring (bicyclic) bond motifs is 1. The highest BCUT2D eigenvalue weighted by molar-refractivity contribution is 5.39. The van der Waals surface area contributed by atoms with Crippen molar-refractivity contribution >= 4 is 0 Å². The predicted molar refractivity (Wildman–Crippen MR) is 230 cm³/mol. The minimum absolute atomic E-state index is 0.0257. The van der Waals surface area contributed by atoms with Crippen LogP contribution in [0.2, 0.25) is 0 Å². The van der Waals surface area contributed by atoms with Crippen molar-refractivity contribution in [1.82, 2.24) is 9.80 Å². The molecule has 2 atom stereocenters. The van der Waals surface area contributed by atoms with Crippen molar-refractivity contribution in [3.63, 3.8) is 0 Å². The van der Waals surface area contributed by atoms with Crippen LogP contribution in [-0.4, -0.2) is 62.7 Å². The molecule has 310 valence electrons. The molecule has 2 unspecified atom stereocenters. The number of ether oxygens (including phenoxy) is 3. The molecule has 0 aromatic heterocycles. The minimum atomic E-state index is 0.0257. The zero-order valence-electron chi connectivity index (χ0n) is 36.0. The Balaban J connectivity index is 1.69. The summed E-state index contributed by atoms with van der Waals surface area (Å²) in [5.74, 6) is 1.75. The summed E-state index contributed by atoms with van der Waals surface area (Å²) >= 11 is 0. The second-order valence-electron chi connectivity index (χ2n) is 16.6. The van der Waals surface area contributed by atoms with Gasteiger partial charge in [0, 0.05) is 39.1 Å². The Morgan fingerprint density at radius 3 is 1.02 bits per heavy atom. The molecule has 53 heavy (non-hydrogen) atoms. The highest BCUT2D eigenvalue weighted by Crippen LogP contribution is 2.31. The summed E-state index contributed by atoms with van der Waals surface area (Å²) in [5, 5.41) is 0. The van der Waals surface area contributed by atoms with E-state index in [0.717, 1.165) is 63.5 Å². The van der Waals surface area contributed by atoms with Crippen LogP contribution in [0.5, 0.6) is 11.5 Å². The Hall–Kier alpha value is -1.30. The second kappa shape index (κ2) is 35.1. The van der Waals surface area contributed by atoms with Gasteiger partial charge in [0.1, 0.15) is 0 Å². The van der Waals surface area contributed by atoms with E-state index in [1.807, 2.05) is 0 Å². The van der Waals surface area contributed by atoms with E-state index in [9.17, 15) is 0 Å². The summed E-state index contributed by atoms with van der Waals surface area (Å²) in [6.07, 6.45) is 43.0. The van der Waals surface area contributed by atoms with Crippen molar-refractivity contribution in [1.29, 1.82) is 0 Å². The lowest BCUT2D eigenvalue weighted by Gasteiger charge is -2.31. The average Bonchev–Trinajstić information content (AvgIpc) is 3.18. The SMILES string of the molecule is CCCCCCCCCCCCCCCCN(C)C1CCCOCCCC(N(C)CCCCCCCCCCCCCCCC)Oc2ccccc2O1. The van der Waals surface area contributed by atoms with Gasteiger partial charge in [-0.05, 0) is 51.9 Å². The topological polar surface area (TPSA) is 34.2 Å². The van der Waals surface area contributed by atoms with E-state index >= 15 is 0 Å². The van der Waals surface area contributed by atoms with Gasteiger partial charge in [0.15, 0.2) is 24.0 Å². The largest absolute Gasteiger partial charge is 0.471 e. The van der Waals surface area contributed by atoms with Crippen LogP contribution in [0.4, 0.5) is 0 Å². The van der Waals surface area contributed by atoms with Crippen molar-refractivity contribution in [2.45, 2.75) is 232 Å². The third kappa shape index (κ3) is 26.2. The van der Waals surface area contributed by atoms with Gasteiger partial charge in [-0.25, -0.2) is 0 Å². The van der Waals surface area contributed by atoms with Crippen LogP contribution in [-0.2, 0) is 4.74 Å². The van der Waals surface area contributed by atoms with Crippen molar-refractivity contribution in [2.24, 2.45) is 0 Å². The first-order chi connectivity index (χ1) is 26.2. The Bertz CT molecular complexity index is 842. The van der Waals surface area contributed by atoms with Crippen LogP contribution in [0, 0.1) is 0 Å². The average molecular weight is 743 g/mol. The molecule has 0 fully saturated rings. The quantitative estimate of drug-likeness (QED) is 0.0687. The fourth-order valence-corrected chi connectivity index (χ4v) is 7.90. The monoisotopic (exact) mass is 743 g/mol. The van der Waals surface area contributed by atoms with E-state index in [4.69, 9.17) is 14.2 Å². The zero-order valence-corrected chi connectivity index (χ0v) is 36.0. The highest BCUT2D eigenvalue weighted by atomic mass is 16.5. The maximum atomic E-state index is 6.78. The number of nitrogens with zero attached hydrogens (tertiary/aromatic N) is 2. The summed E-state index contributed by atoms with van der Waals surface area (Å²) in [6, 6.07) is 8.37. The van der Waals surface area contributed by atoms with E-state index < -0.39 is 0 Å². The van der Waals surface area contributed by atoms with E-state index in [0.29, 0.717) is 0 Å². The van der Waals surface area contributed by atoms with Gasteiger partial charge in [0.05, 0.1) is 0 Å². The third-order valence-corrected chi connectivity index (χ3v) is 11.6. The Morgan fingerprint density at radius 1 is 0.434 bits per heavy atom. The Labute approximate surface area is 331 Å². The number of hydrogen-bond acceptors (Lipinski definition) is 5. The van der Waals surface area contributed by atoms with E-state index in [1.165, 1.54) is 180 Å². The summed E-state index contributed by atoms with van der Waals surface area (Å²) < 4.78 is 19.7. The third-order valence-electron chi connectivity index (χ3n) is 11.6. The van der Waals surface area contributed by atoms with Gasteiger partial charge >= 0.3 is 0 Å². The molecule has 0 N–H and O–H groups in total. The Kier molecular flexibility index (Phi) is 31.7. The number of rotatable bonds is 32.